The molecule has 0 bridgehead atoms. The van der Waals surface area contributed by atoms with Gasteiger partial charge in [-0.1, -0.05) is 6.07 Å². The van der Waals surface area contributed by atoms with Crippen LogP contribution in [0.1, 0.15) is 17.1 Å². The number of alkyl halides is 3. The molecule has 0 radical (unpaired) electrons. The number of hydrogen-bond donors (Lipinski definition) is 2. The quantitative estimate of drug-likeness (QED) is 0.908. The lowest BCUT2D eigenvalue weighted by Crippen LogP contribution is -2.15. The number of hydrogen-bond acceptors (Lipinski definition) is 5. The molecule has 2 aromatic rings. The number of aryl methyl sites for hydroxylation is 1. The Morgan fingerprint density at radius 1 is 1.19 bits per heavy atom. The zero-order chi connectivity index (χ0) is 15.5. The van der Waals surface area contributed by atoms with E-state index in [-0.39, 0.29) is 18.2 Å². The number of aromatic nitrogens is 3. The summed E-state index contributed by atoms with van der Waals surface area (Å²) in [6.07, 6.45) is -2.96. The summed E-state index contributed by atoms with van der Waals surface area (Å²) in [5.41, 5.74) is 1.69. The van der Waals surface area contributed by atoms with Gasteiger partial charge in [0, 0.05) is 19.3 Å². The first-order chi connectivity index (χ1) is 9.90. The molecule has 2 rings (SSSR count). The molecule has 0 saturated heterocycles. The van der Waals surface area contributed by atoms with Crippen molar-refractivity contribution in [3.05, 3.63) is 41.5 Å². The summed E-state index contributed by atoms with van der Waals surface area (Å²) in [5.74, 6) is -1.00. The van der Waals surface area contributed by atoms with Crippen molar-refractivity contribution < 1.29 is 13.2 Å². The number of nitrogens with one attached hydrogen (secondary N) is 2. The minimum Gasteiger partial charge on any atom is -0.373 e. The van der Waals surface area contributed by atoms with E-state index >= 15 is 0 Å². The van der Waals surface area contributed by atoms with Crippen molar-refractivity contribution in [2.45, 2.75) is 19.6 Å². The smallest absolute Gasteiger partial charge is 0.373 e. The molecule has 8 heteroatoms. The largest absolute Gasteiger partial charge is 0.451 e. The predicted molar refractivity (Wildman–Crippen MR) is 72.9 cm³/mol. The van der Waals surface area contributed by atoms with E-state index in [9.17, 15) is 13.2 Å². The third-order valence-electron chi connectivity index (χ3n) is 2.79. The molecule has 0 aliphatic rings. The zero-order valence-corrected chi connectivity index (χ0v) is 11.5. The molecule has 0 unspecified atom stereocenters. The Kier molecular flexibility index (Phi) is 4.25. The Labute approximate surface area is 119 Å². The van der Waals surface area contributed by atoms with Gasteiger partial charge in [0.05, 0.1) is 12.2 Å². The van der Waals surface area contributed by atoms with Gasteiger partial charge in [-0.2, -0.15) is 13.2 Å². The monoisotopic (exact) mass is 297 g/mol. The van der Waals surface area contributed by atoms with Gasteiger partial charge in [0.1, 0.15) is 11.6 Å². The first-order valence-electron chi connectivity index (χ1n) is 6.18. The molecule has 5 nitrogen and oxygen atoms in total. The molecule has 0 aliphatic heterocycles. The van der Waals surface area contributed by atoms with Crippen molar-refractivity contribution >= 4 is 11.6 Å². The van der Waals surface area contributed by atoms with Crippen LogP contribution in [0.2, 0.25) is 0 Å². The molecule has 0 amide bonds. The van der Waals surface area contributed by atoms with Crippen LogP contribution in [0.25, 0.3) is 0 Å². The maximum atomic E-state index is 12.7. The molecule has 0 saturated carbocycles. The molecule has 0 spiro atoms. The minimum absolute atomic E-state index is 0.0896. The van der Waals surface area contributed by atoms with Crippen LogP contribution in [-0.4, -0.2) is 22.0 Å². The van der Waals surface area contributed by atoms with Crippen LogP contribution in [0.15, 0.2) is 24.4 Å². The molecule has 2 heterocycles. The summed E-state index contributed by atoms with van der Waals surface area (Å²) in [6.45, 7) is 2.16. The summed E-state index contributed by atoms with van der Waals surface area (Å²) in [4.78, 5) is 11.0. The second-order valence-corrected chi connectivity index (χ2v) is 4.33. The van der Waals surface area contributed by atoms with Crippen LogP contribution in [0.4, 0.5) is 24.8 Å². The maximum Gasteiger partial charge on any atom is 0.451 e. The highest BCUT2D eigenvalue weighted by Gasteiger charge is 2.35. The van der Waals surface area contributed by atoms with Crippen LogP contribution in [0, 0.1) is 6.92 Å². The summed E-state index contributed by atoms with van der Waals surface area (Å²) in [5, 5.41) is 5.42. The fraction of sp³-hybridized carbons (Fsp3) is 0.308. The number of halogens is 3. The first-order valence-corrected chi connectivity index (χ1v) is 6.18. The first kappa shape index (κ1) is 15.0. The summed E-state index contributed by atoms with van der Waals surface area (Å²) < 4.78 is 38.2. The summed E-state index contributed by atoms with van der Waals surface area (Å²) in [6, 6.07) is 5.09. The van der Waals surface area contributed by atoms with E-state index in [4.69, 9.17) is 0 Å². The summed E-state index contributed by atoms with van der Waals surface area (Å²) >= 11 is 0. The van der Waals surface area contributed by atoms with Crippen molar-refractivity contribution in [1.29, 1.82) is 0 Å². The molecule has 2 aromatic heterocycles. The molecule has 0 aliphatic carbocycles. The minimum atomic E-state index is -4.59. The van der Waals surface area contributed by atoms with E-state index in [0.717, 1.165) is 11.3 Å². The number of pyridine rings is 1. The molecule has 2 N–H and O–H groups in total. The van der Waals surface area contributed by atoms with Crippen LogP contribution in [-0.2, 0) is 12.7 Å². The van der Waals surface area contributed by atoms with Gasteiger partial charge < -0.3 is 10.6 Å². The summed E-state index contributed by atoms with van der Waals surface area (Å²) in [7, 11) is 1.50. The van der Waals surface area contributed by atoms with Crippen molar-refractivity contribution in [1.82, 2.24) is 15.0 Å². The number of anilines is 2. The number of nitrogens with zero attached hydrogens (tertiary/aromatic N) is 3. The van der Waals surface area contributed by atoms with Crippen molar-refractivity contribution in [2.24, 2.45) is 0 Å². The molecule has 0 aromatic carbocycles. The van der Waals surface area contributed by atoms with Gasteiger partial charge in [-0.15, -0.1) is 0 Å². The Morgan fingerprint density at radius 3 is 2.52 bits per heavy atom. The predicted octanol–water partition coefficient (Wildman–Crippen LogP) is 2.85. The highest BCUT2D eigenvalue weighted by molar-refractivity contribution is 5.47. The van der Waals surface area contributed by atoms with E-state index in [1.54, 1.807) is 12.3 Å². The lowest BCUT2D eigenvalue weighted by Gasteiger charge is -2.12. The topological polar surface area (TPSA) is 62.7 Å². The van der Waals surface area contributed by atoms with Crippen LogP contribution >= 0.6 is 0 Å². The van der Waals surface area contributed by atoms with Crippen LogP contribution in [0.3, 0.4) is 0 Å². The van der Waals surface area contributed by atoms with E-state index < -0.39 is 12.0 Å². The second kappa shape index (κ2) is 5.94. The van der Waals surface area contributed by atoms with Gasteiger partial charge in [0.25, 0.3) is 0 Å². The van der Waals surface area contributed by atoms with Gasteiger partial charge >= 0.3 is 6.18 Å². The molecule has 0 atom stereocenters. The molecule has 112 valence electrons. The third-order valence-corrected chi connectivity index (χ3v) is 2.79. The number of rotatable bonds is 4. The van der Waals surface area contributed by atoms with Gasteiger partial charge in [-0.3, -0.25) is 4.98 Å². The fourth-order valence-corrected chi connectivity index (χ4v) is 1.67. The Hall–Kier alpha value is -2.38. The molecule has 0 fully saturated rings. The Bertz CT molecular complexity index is 627. The second-order valence-electron chi connectivity index (χ2n) is 4.33. The lowest BCUT2D eigenvalue weighted by molar-refractivity contribution is -0.144. The van der Waals surface area contributed by atoms with Crippen molar-refractivity contribution in [2.75, 3.05) is 17.7 Å². The average Bonchev–Trinajstić information content (AvgIpc) is 2.45. The molecular formula is C13H14F3N5. The van der Waals surface area contributed by atoms with Gasteiger partial charge in [-0.05, 0) is 18.6 Å². The lowest BCUT2D eigenvalue weighted by atomic mass is 10.2. The Morgan fingerprint density at radius 2 is 1.90 bits per heavy atom. The highest BCUT2D eigenvalue weighted by atomic mass is 19.4. The Balaban J connectivity index is 2.22. The van der Waals surface area contributed by atoms with Crippen molar-refractivity contribution in [3.8, 4) is 0 Å². The van der Waals surface area contributed by atoms with Gasteiger partial charge in [0.15, 0.2) is 0 Å². The standard InChI is InChI=1S/C13H14F3N5/c1-8-4-3-5-18-9(8)7-19-11-6-10(17-2)20-12(21-11)13(14,15)16/h3-6H,7H2,1-2H3,(H2,17,19,20,21). The fourth-order valence-electron chi connectivity index (χ4n) is 1.67. The van der Waals surface area contributed by atoms with Crippen LogP contribution < -0.4 is 10.6 Å². The molecule has 21 heavy (non-hydrogen) atoms. The van der Waals surface area contributed by atoms with Gasteiger partial charge in [0.2, 0.25) is 5.82 Å². The normalized spacial score (nSPS) is 11.3. The van der Waals surface area contributed by atoms with E-state index in [1.165, 1.54) is 13.1 Å². The van der Waals surface area contributed by atoms with E-state index in [1.807, 2.05) is 13.0 Å². The SMILES string of the molecule is CNc1cc(NCc2ncccc2C)nc(C(F)(F)F)n1. The van der Waals surface area contributed by atoms with E-state index in [0.29, 0.717) is 0 Å². The average molecular weight is 297 g/mol. The van der Waals surface area contributed by atoms with Gasteiger partial charge in [-0.25, -0.2) is 9.97 Å². The van der Waals surface area contributed by atoms with Crippen molar-refractivity contribution in [3.63, 3.8) is 0 Å². The zero-order valence-electron chi connectivity index (χ0n) is 11.5. The molecular weight excluding hydrogens is 283 g/mol. The van der Waals surface area contributed by atoms with E-state index in [2.05, 4.69) is 25.6 Å². The van der Waals surface area contributed by atoms with Crippen LogP contribution in [0.5, 0.6) is 0 Å². The third kappa shape index (κ3) is 3.80. The highest BCUT2D eigenvalue weighted by Crippen LogP contribution is 2.28. The maximum absolute atomic E-state index is 12.7.